The average Bonchev–Trinajstić information content (AvgIpc) is 2.49. The van der Waals surface area contributed by atoms with Crippen molar-refractivity contribution in [1.82, 2.24) is 10.3 Å². The molecule has 0 aromatic carbocycles. The summed E-state index contributed by atoms with van der Waals surface area (Å²) in [4.78, 5) is 15.7. The zero-order valence-electron chi connectivity index (χ0n) is 12.3. The second kappa shape index (κ2) is 8.00. The number of hydrogen-bond donors (Lipinski definition) is 1. The lowest BCUT2D eigenvalue weighted by atomic mass is 9.85. The van der Waals surface area contributed by atoms with Gasteiger partial charge in [-0.15, -0.1) is 0 Å². The minimum atomic E-state index is -4.17. The summed E-state index contributed by atoms with van der Waals surface area (Å²) in [7, 11) is 0. The van der Waals surface area contributed by atoms with Gasteiger partial charge in [-0.25, -0.2) is 0 Å². The number of nitrogens with zero attached hydrogens (tertiary/aromatic N) is 1. The van der Waals surface area contributed by atoms with Crippen LogP contribution in [0.5, 0.6) is 0 Å². The molecule has 1 aromatic rings. The summed E-state index contributed by atoms with van der Waals surface area (Å²) in [6.07, 6.45) is -1.51. The van der Waals surface area contributed by atoms with Crippen molar-refractivity contribution in [3.05, 3.63) is 30.1 Å². The van der Waals surface area contributed by atoms with E-state index in [9.17, 15) is 18.0 Å². The minimum absolute atomic E-state index is 0.0396. The molecule has 1 N–H and O–H groups in total. The molecular formula is C15H21F3N2O. The fraction of sp³-hybridized carbons (Fsp3) is 0.600. The highest BCUT2D eigenvalue weighted by Crippen LogP contribution is 2.37. The van der Waals surface area contributed by atoms with Gasteiger partial charge in [-0.2, -0.15) is 13.2 Å². The Morgan fingerprint density at radius 3 is 2.57 bits per heavy atom. The van der Waals surface area contributed by atoms with E-state index < -0.39 is 24.0 Å². The van der Waals surface area contributed by atoms with Crippen molar-refractivity contribution < 1.29 is 18.0 Å². The van der Waals surface area contributed by atoms with Crippen LogP contribution in [0.15, 0.2) is 24.4 Å². The van der Waals surface area contributed by atoms with Crippen LogP contribution >= 0.6 is 0 Å². The fourth-order valence-corrected chi connectivity index (χ4v) is 2.37. The maximum atomic E-state index is 12.6. The molecule has 21 heavy (non-hydrogen) atoms. The fourth-order valence-electron chi connectivity index (χ4n) is 2.37. The third-order valence-electron chi connectivity index (χ3n) is 3.37. The third kappa shape index (κ3) is 5.36. The van der Waals surface area contributed by atoms with Crippen LogP contribution in [0.3, 0.4) is 0 Å². The number of alkyl halides is 3. The van der Waals surface area contributed by atoms with E-state index in [0.717, 1.165) is 0 Å². The van der Waals surface area contributed by atoms with E-state index in [2.05, 4.69) is 10.3 Å². The van der Waals surface area contributed by atoms with E-state index in [-0.39, 0.29) is 18.5 Å². The van der Waals surface area contributed by atoms with Gasteiger partial charge in [0, 0.05) is 12.2 Å². The van der Waals surface area contributed by atoms with E-state index in [4.69, 9.17) is 0 Å². The molecule has 1 fully saturated rings. The molecule has 1 heterocycles. The summed E-state index contributed by atoms with van der Waals surface area (Å²) in [5.41, 5.74) is 0.233. The number of carbonyl (C=O) groups excluding carboxylic acids is 1. The molecule has 0 saturated heterocycles. The third-order valence-corrected chi connectivity index (χ3v) is 3.37. The number of amides is 1. The van der Waals surface area contributed by atoms with Crippen LogP contribution < -0.4 is 5.32 Å². The van der Waals surface area contributed by atoms with Gasteiger partial charge in [-0.1, -0.05) is 26.3 Å². The molecule has 118 valence electrons. The molecule has 3 nitrogen and oxygen atoms in total. The molecule has 1 amide bonds. The first-order chi connectivity index (χ1) is 9.97. The Labute approximate surface area is 123 Å². The van der Waals surface area contributed by atoms with Gasteiger partial charge >= 0.3 is 6.18 Å². The predicted molar refractivity (Wildman–Crippen MR) is 74.9 cm³/mol. The number of carbonyl (C=O) groups is 1. The Morgan fingerprint density at radius 2 is 2.00 bits per heavy atom. The van der Waals surface area contributed by atoms with Gasteiger partial charge in [0.05, 0.1) is 5.92 Å². The van der Waals surface area contributed by atoms with Crippen LogP contribution in [0.1, 0.15) is 50.0 Å². The lowest BCUT2D eigenvalue weighted by Gasteiger charge is -2.30. The highest BCUT2D eigenvalue weighted by molar-refractivity contribution is 5.92. The Kier molecular flexibility index (Phi) is 6.65. The first-order valence-electron chi connectivity index (χ1n) is 7.25. The van der Waals surface area contributed by atoms with Crippen molar-refractivity contribution in [2.45, 2.75) is 51.7 Å². The summed E-state index contributed by atoms with van der Waals surface area (Å²) in [6.45, 7) is 4.00. The smallest absolute Gasteiger partial charge is 0.348 e. The molecule has 6 heteroatoms. The SMILES string of the molecule is CC.O=C(NC1CCCC(C(F)(F)F)C1)c1ccccn1. The van der Waals surface area contributed by atoms with Crippen molar-refractivity contribution >= 4 is 5.91 Å². The van der Waals surface area contributed by atoms with Crippen LogP contribution in [0.2, 0.25) is 0 Å². The zero-order valence-corrected chi connectivity index (χ0v) is 12.3. The normalized spacial score (nSPS) is 22.0. The molecule has 2 atom stereocenters. The molecule has 1 saturated carbocycles. The quantitative estimate of drug-likeness (QED) is 0.898. The predicted octanol–water partition coefficient (Wildman–Crippen LogP) is 3.96. The molecular weight excluding hydrogens is 281 g/mol. The largest absolute Gasteiger partial charge is 0.391 e. The van der Waals surface area contributed by atoms with Crippen LogP contribution in [-0.4, -0.2) is 23.1 Å². The lowest BCUT2D eigenvalue weighted by molar-refractivity contribution is -0.183. The summed E-state index contributed by atoms with van der Waals surface area (Å²) in [6, 6.07) is 4.47. The topological polar surface area (TPSA) is 42.0 Å². The van der Waals surface area contributed by atoms with E-state index in [1.54, 1.807) is 18.2 Å². The molecule has 0 spiro atoms. The molecule has 1 aromatic heterocycles. The van der Waals surface area contributed by atoms with E-state index >= 15 is 0 Å². The van der Waals surface area contributed by atoms with Crippen LogP contribution in [0.25, 0.3) is 0 Å². The Balaban J connectivity index is 0.00000106. The standard InChI is InChI=1S/C13H15F3N2O.C2H6/c14-13(15,16)9-4-3-5-10(8-9)18-12(19)11-6-1-2-7-17-11;1-2/h1-2,6-7,9-10H,3-5,8H2,(H,18,19);1-2H3. The van der Waals surface area contributed by atoms with Crippen molar-refractivity contribution in [2.75, 3.05) is 0 Å². The maximum absolute atomic E-state index is 12.6. The maximum Gasteiger partial charge on any atom is 0.391 e. The number of rotatable bonds is 2. The first kappa shape index (κ1) is 17.5. The van der Waals surface area contributed by atoms with E-state index in [0.29, 0.717) is 12.8 Å². The highest BCUT2D eigenvalue weighted by atomic mass is 19.4. The van der Waals surface area contributed by atoms with Crippen molar-refractivity contribution in [2.24, 2.45) is 5.92 Å². The van der Waals surface area contributed by atoms with Gasteiger partial charge < -0.3 is 5.32 Å². The molecule has 0 aliphatic heterocycles. The Morgan fingerprint density at radius 1 is 1.29 bits per heavy atom. The average molecular weight is 302 g/mol. The van der Waals surface area contributed by atoms with Crippen molar-refractivity contribution in [3.8, 4) is 0 Å². The van der Waals surface area contributed by atoms with Crippen molar-refractivity contribution in [3.63, 3.8) is 0 Å². The van der Waals surface area contributed by atoms with Crippen molar-refractivity contribution in [1.29, 1.82) is 0 Å². The molecule has 1 aliphatic carbocycles. The van der Waals surface area contributed by atoms with E-state index in [1.807, 2.05) is 13.8 Å². The van der Waals surface area contributed by atoms with Gasteiger partial charge in [0.2, 0.25) is 0 Å². The summed E-state index contributed by atoms with van der Waals surface area (Å²) < 4.78 is 37.9. The van der Waals surface area contributed by atoms with Gasteiger partial charge in [0.15, 0.2) is 0 Å². The highest BCUT2D eigenvalue weighted by Gasteiger charge is 2.42. The molecule has 0 bridgehead atoms. The monoisotopic (exact) mass is 302 g/mol. The Hall–Kier alpha value is -1.59. The Bertz CT molecular complexity index is 434. The second-order valence-corrected chi connectivity index (χ2v) is 4.79. The number of pyridine rings is 1. The van der Waals surface area contributed by atoms with Gasteiger partial charge in [0.1, 0.15) is 5.69 Å². The number of hydrogen-bond acceptors (Lipinski definition) is 2. The number of nitrogens with one attached hydrogen (secondary N) is 1. The van der Waals surface area contributed by atoms with Gasteiger partial charge in [-0.05, 0) is 31.4 Å². The minimum Gasteiger partial charge on any atom is -0.348 e. The van der Waals surface area contributed by atoms with Crippen LogP contribution in [0, 0.1) is 5.92 Å². The summed E-state index contributed by atoms with van der Waals surface area (Å²) >= 11 is 0. The molecule has 1 aliphatic rings. The number of halogens is 3. The molecule has 2 unspecified atom stereocenters. The number of aromatic nitrogens is 1. The van der Waals surface area contributed by atoms with Crippen LogP contribution in [0.4, 0.5) is 13.2 Å². The molecule has 2 rings (SSSR count). The first-order valence-corrected chi connectivity index (χ1v) is 7.25. The lowest BCUT2D eigenvalue weighted by Crippen LogP contribution is -2.41. The van der Waals surface area contributed by atoms with E-state index in [1.165, 1.54) is 6.20 Å². The summed E-state index contributed by atoms with van der Waals surface area (Å²) in [5, 5.41) is 2.64. The molecule has 0 radical (unpaired) electrons. The zero-order chi connectivity index (χ0) is 15.9. The summed E-state index contributed by atoms with van der Waals surface area (Å²) in [5.74, 6) is -1.72. The van der Waals surface area contributed by atoms with Gasteiger partial charge in [-0.3, -0.25) is 9.78 Å². The second-order valence-electron chi connectivity index (χ2n) is 4.79. The van der Waals surface area contributed by atoms with Gasteiger partial charge in [0.25, 0.3) is 5.91 Å². The van der Waals surface area contributed by atoms with Crippen LogP contribution in [-0.2, 0) is 0 Å².